The number of hydrogen-bond donors (Lipinski definition) is 0. The van der Waals surface area contributed by atoms with Crippen molar-refractivity contribution in [1.82, 2.24) is 0 Å². The van der Waals surface area contributed by atoms with Gasteiger partial charge >= 0.3 is 0 Å². The molecule has 0 amide bonds. The number of nitrogens with zero attached hydrogens (tertiary/aromatic N) is 2. The van der Waals surface area contributed by atoms with Crippen LogP contribution < -0.4 is 4.90 Å². The van der Waals surface area contributed by atoms with E-state index < -0.39 is 0 Å². The van der Waals surface area contributed by atoms with Crippen molar-refractivity contribution in [1.29, 1.82) is 5.26 Å². The van der Waals surface area contributed by atoms with Gasteiger partial charge in [-0.1, -0.05) is 6.92 Å². The maximum absolute atomic E-state index is 8.87. The Kier molecular flexibility index (Phi) is 4.06. The summed E-state index contributed by atoms with van der Waals surface area (Å²) in [6.07, 6.45) is 3.89. The van der Waals surface area contributed by atoms with E-state index in [-0.39, 0.29) is 0 Å². The number of benzene rings is 1. The third-order valence-corrected chi connectivity index (χ3v) is 3.72. The second-order valence-electron chi connectivity index (χ2n) is 4.67. The van der Waals surface area contributed by atoms with Gasteiger partial charge in [0.25, 0.3) is 0 Å². The van der Waals surface area contributed by atoms with E-state index in [9.17, 15) is 0 Å². The maximum Gasteiger partial charge on any atom is 0.0992 e. The fourth-order valence-electron chi connectivity index (χ4n) is 2.03. The molecule has 2 rings (SSSR count). The Morgan fingerprint density at radius 3 is 2.76 bits per heavy atom. The van der Waals surface area contributed by atoms with Crippen LogP contribution in [0.15, 0.2) is 22.7 Å². The lowest BCUT2D eigenvalue weighted by molar-refractivity contribution is 0.707. The highest BCUT2D eigenvalue weighted by molar-refractivity contribution is 9.10. The molecule has 1 aromatic carbocycles. The number of rotatable bonds is 5. The molecule has 1 saturated carbocycles. The first-order valence-electron chi connectivity index (χ1n) is 6.19. The van der Waals surface area contributed by atoms with Crippen molar-refractivity contribution in [3.05, 3.63) is 28.2 Å². The fraction of sp³-hybridized carbons (Fsp3) is 0.500. The summed E-state index contributed by atoms with van der Waals surface area (Å²) in [5, 5.41) is 8.87. The van der Waals surface area contributed by atoms with Crippen molar-refractivity contribution >= 4 is 21.6 Å². The Hall–Kier alpha value is -1.01. The molecule has 0 aliphatic heterocycles. The number of anilines is 1. The average molecular weight is 293 g/mol. The Bertz CT molecular complexity index is 432. The topological polar surface area (TPSA) is 27.0 Å². The second-order valence-corrected chi connectivity index (χ2v) is 5.52. The van der Waals surface area contributed by atoms with E-state index in [1.165, 1.54) is 18.5 Å². The third-order valence-electron chi connectivity index (χ3n) is 3.09. The predicted octanol–water partition coefficient (Wildman–Crippen LogP) is 3.95. The highest BCUT2D eigenvalue weighted by Crippen LogP contribution is 2.34. The van der Waals surface area contributed by atoms with E-state index in [1.807, 2.05) is 12.1 Å². The number of halogens is 1. The van der Waals surface area contributed by atoms with Gasteiger partial charge in [-0.15, -0.1) is 0 Å². The summed E-state index contributed by atoms with van der Waals surface area (Å²) in [6, 6.07) is 8.03. The van der Waals surface area contributed by atoms with Gasteiger partial charge in [0.1, 0.15) is 0 Å². The Balaban J connectivity index is 2.18. The quantitative estimate of drug-likeness (QED) is 0.822. The summed E-state index contributed by atoms with van der Waals surface area (Å²) >= 11 is 3.58. The van der Waals surface area contributed by atoms with Crippen molar-refractivity contribution in [2.75, 3.05) is 18.0 Å². The molecule has 17 heavy (non-hydrogen) atoms. The summed E-state index contributed by atoms with van der Waals surface area (Å²) < 4.78 is 1.03. The van der Waals surface area contributed by atoms with Crippen molar-refractivity contribution in [2.24, 2.45) is 5.92 Å². The normalized spacial score (nSPS) is 14.4. The molecule has 0 aromatic heterocycles. The fourth-order valence-corrected chi connectivity index (χ4v) is 2.65. The van der Waals surface area contributed by atoms with Gasteiger partial charge in [-0.25, -0.2) is 0 Å². The smallest absolute Gasteiger partial charge is 0.0992 e. The van der Waals surface area contributed by atoms with E-state index in [4.69, 9.17) is 5.26 Å². The lowest BCUT2D eigenvalue weighted by Crippen LogP contribution is -2.26. The van der Waals surface area contributed by atoms with Crippen LogP contribution in [-0.4, -0.2) is 13.1 Å². The zero-order valence-corrected chi connectivity index (χ0v) is 11.7. The van der Waals surface area contributed by atoms with Gasteiger partial charge in [0.05, 0.1) is 17.3 Å². The van der Waals surface area contributed by atoms with E-state index >= 15 is 0 Å². The van der Waals surface area contributed by atoms with Crippen LogP contribution in [0.3, 0.4) is 0 Å². The SMILES string of the molecule is CCCN(CC1CC1)c1ccc(C#N)cc1Br. The summed E-state index contributed by atoms with van der Waals surface area (Å²) in [6.45, 7) is 4.44. The molecule has 0 heterocycles. The molecule has 3 heteroatoms. The standard InChI is InChI=1S/C14H17BrN2/c1-2-7-17(10-11-3-4-11)14-6-5-12(9-16)8-13(14)15/h5-6,8,11H,2-4,7,10H2,1H3. The molecule has 0 atom stereocenters. The molecule has 0 N–H and O–H groups in total. The molecular formula is C14H17BrN2. The monoisotopic (exact) mass is 292 g/mol. The van der Waals surface area contributed by atoms with Crippen LogP contribution in [0.4, 0.5) is 5.69 Å². The predicted molar refractivity (Wildman–Crippen MR) is 74.1 cm³/mol. The van der Waals surface area contributed by atoms with Crippen LogP contribution in [0.25, 0.3) is 0 Å². The minimum atomic E-state index is 0.712. The summed E-state index contributed by atoms with van der Waals surface area (Å²) in [7, 11) is 0. The van der Waals surface area contributed by atoms with E-state index in [1.54, 1.807) is 0 Å². The minimum absolute atomic E-state index is 0.712. The Morgan fingerprint density at radius 1 is 1.47 bits per heavy atom. The summed E-state index contributed by atoms with van der Waals surface area (Å²) in [5.74, 6) is 0.879. The van der Waals surface area contributed by atoms with E-state index in [2.05, 4.69) is 39.9 Å². The van der Waals surface area contributed by atoms with Crippen LogP contribution >= 0.6 is 15.9 Å². The van der Waals surface area contributed by atoms with Gasteiger partial charge in [0.2, 0.25) is 0 Å². The molecule has 0 spiro atoms. The molecule has 1 fully saturated rings. The molecular weight excluding hydrogens is 276 g/mol. The Morgan fingerprint density at radius 2 is 2.24 bits per heavy atom. The summed E-state index contributed by atoms with van der Waals surface area (Å²) in [4.78, 5) is 2.43. The minimum Gasteiger partial charge on any atom is -0.370 e. The lowest BCUT2D eigenvalue weighted by atomic mass is 10.2. The van der Waals surface area contributed by atoms with Gasteiger partial charge in [0.15, 0.2) is 0 Å². The van der Waals surface area contributed by atoms with Crippen molar-refractivity contribution in [3.8, 4) is 6.07 Å². The zero-order chi connectivity index (χ0) is 12.3. The molecule has 0 unspecified atom stereocenters. The molecule has 0 bridgehead atoms. The molecule has 90 valence electrons. The first kappa shape index (κ1) is 12.4. The van der Waals surface area contributed by atoms with Crippen LogP contribution in [0.2, 0.25) is 0 Å². The molecule has 1 aromatic rings. The molecule has 1 aliphatic rings. The largest absolute Gasteiger partial charge is 0.370 e. The van der Waals surface area contributed by atoms with Gasteiger partial charge in [0, 0.05) is 17.6 Å². The van der Waals surface area contributed by atoms with Gasteiger partial charge in [-0.05, 0) is 59.3 Å². The first-order valence-corrected chi connectivity index (χ1v) is 6.98. The summed E-state index contributed by atoms with van der Waals surface area (Å²) in [5.41, 5.74) is 1.93. The first-order chi connectivity index (χ1) is 8.24. The average Bonchev–Trinajstić information content (AvgIpc) is 3.12. The van der Waals surface area contributed by atoms with Gasteiger partial charge in [-0.2, -0.15) is 5.26 Å². The van der Waals surface area contributed by atoms with E-state index in [0.29, 0.717) is 5.56 Å². The van der Waals surface area contributed by atoms with Crippen LogP contribution in [-0.2, 0) is 0 Å². The molecule has 0 radical (unpaired) electrons. The third kappa shape index (κ3) is 3.23. The van der Waals surface area contributed by atoms with Gasteiger partial charge < -0.3 is 4.90 Å². The molecule has 2 nitrogen and oxygen atoms in total. The Labute approximate surface area is 111 Å². The van der Waals surface area contributed by atoms with Crippen LogP contribution in [0, 0.1) is 17.2 Å². The molecule has 1 aliphatic carbocycles. The molecule has 0 saturated heterocycles. The van der Waals surface area contributed by atoms with E-state index in [0.717, 1.165) is 29.9 Å². The van der Waals surface area contributed by atoms with Crippen LogP contribution in [0.5, 0.6) is 0 Å². The van der Waals surface area contributed by atoms with Crippen molar-refractivity contribution in [2.45, 2.75) is 26.2 Å². The second kappa shape index (κ2) is 5.55. The zero-order valence-electron chi connectivity index (χ0n) is 10.1. The highest BCUT2D eigenvalue weighted by Gasteiger charge is 2.24. The van der Waals surface area contributed by atoms with Crippen molar-refractivity contribution < 1.29 is 0 Å². The van der Waals surface area contributed by atoms with Crippen LogP contribution in [0.1, 0.15) is 31.7 Å². The van der Waals surface area contributed by atoms with Gasteiger partial charge in [-0.3, -0.25) is 0 Å². The number of nitriles is 1. The lowest BCUT2D eigenvalue weighted by Gasteiger charge is -2.25. The maximum atomic E-state index is 8.87. The highest BCUT2D eigenvalue weighted by atomic mass is 79.9. The number of hydrogen-bond acceptors (Lipinski definition) is 2. The van der Waals surface area contributed by atoms with Crippen molar-refractivity contribution in [3.63, 3.8) is 0 Å².